The monoisotopic (exact) mass is 406 g/mol. The normalized spacial score (nSPS) is 19.7. The number of carbonyl (C=O) groups is 1. The minimum Gasteiger partial charge on any atom is -0.486 e. The third kappa shape index (κ3) is 3.98. The number of fused-ring (bicyclic) bond motifs is 3. The van der Waals surface area contributed by atoms with Crippen molar-refractivity contribution in [1.29, 1.82) is 0 Å². The van der Waals surface area contributed by atoms with E-state index >= 15 is 0 Å². The molecule has 1 amide bonds. The molecule has 0 radical (unpaired) electrons. The Morgan fingerprint density at radius 3 is 2.93 bits per heavy atom. The van der Waals surface area contributed by atoms with Crippen molar-refractivity contribution in [2.75, 3.05) is 32.8 Å². The van der Waals surface area contributed by atoms with Crippen molar-refractivity contribution in [3.8, 4) is 11.5 Å². The summed E-state index contributed by atoms with van der Waals surface area (Å²) in [4.78, 5) is 21.9. The number of hydrogen-bond acceptors (Lipinski definition) is 5. The number of amides is 1. The van der Waals surface area contributed by atoms with E-state index in [0.29, 0.717) is 24.8 Å². The van der Waals surface area contributed by atoms with Gasteiger partial charge in [-0.15, -0.1) is 0 Å². The summed E-state index contributed by atoms with van der Waals surface area (Å²) in [6.45, 7) is 4.14. The molecule has 2 aromatic heterocycles. The van der Waals surface area contributed by atoms with Crippen molar-refractivity contribution in [1.82, 2.24) is 20.2 Å². The summed E-state index contributed by atoms with van der Waals surface area (Å²) in [5, 5.41) is 4.09. The molecule has 4 heterocycles. The number of pyridine rings is 1. The predicted molar refractivity (Wildman–Crippen MR) is 114 cm³/mol. The maximum absolute atomic E-state index is 12.2. The molecule has 1 atom stereocenters. The van der Waals surface area contributed by atoms with Crippen molar-refractivity contribution in [2.45, 2.75) is 18.9 Å². The Morgan fingerprint density at radius 2 is 2.10 bits per heavy atom. The number of nitrogens with one attached hydrogen (secondary N) is 2. The molecule has 2 aliphatic rings. The topological polar surface area (TPSA) is 79.5 Å². The van der Waals surface area contributed by atoms with Gasteiger partial charge in [0.05, 0.1) is 0 Å². The molecule has 7 nitrogen and oxygen atoms in total. The summed E-state index contributed by atoms with van der Waals surface area (Å²) in [6.07, 6.45) is 5.72. The van der Waals surface area contributed by atoms with E-state index < -0.39 is 0 Å². The van der Waals surface area contributed by atoms with Crippen molar-refractivity contribution < 1.29 is 14.3 Å². The smallest absolute Gasteiger partial charge is 0.269 e. The van der Waals surface area contributed by atoms with Gasteiger partial charge in [-0.25, -0.2) is 0 Å². The number of aromatic amines is 1. The Balaban J connectivity index is 1.10. The second kappa shape index (κ2) is 8.36. The van der Waals surface area contributed by atoms with Crippen LogP contribution < -0.4 is 14.8 Å². The van der Waals surface area contributed by atoms with E-state index in [9.17, 15) is 4.79 Å². The summed E-state index contributed by atoms with van der Waals surface area (Å²) >= 11 is 0. The largest absolute Gasteiger partial charge is 0.486 e. The van der Waals surface area contributed by atoms with Crippen molar-refractivity contribution >= 4 is 16.8 Å². The lowest BCUT2D eigenvalue weighted by molar-refractivity contribution is 0.0490. The van der Waals surface area contributed by atoms with Crippen LogP contribution in [0.2, 0.25) is 0 Å². The number of ether oxygens (including phenoxy) is 2. The second-order valence-electron chi connectivity index (χ2n) is 8.05. The van der Waals surface area contributed by atoms with Gasteiger partial charge in [-0.3, -0.25) is 14.7 Å². The van der Waals surface area contributed by atoms with Crippen LogP contribution in [0.15, 0.2) is 48.8 Å². The number of piperidine rings is 1. The molecule has 3 aromatic rings. The number of benzene rings is 1. The van der Waals surface area contributed by atoms with Crippen LogP contribution in [-0.4, -0.2) is 59.7 Å². The molecule has 0 bridgehead atoms. The quantitative estimate of drug-likeness (QED) is 0.681. The number of aromatic nitrogens is 2. The molecule has 1 aromatic carbocycles. The molecule has 30 heavy (non-hydrogen) atoms. The van der Waals surface area contributed by atoms with Gasteiger partial charge < -0.3 is 19.8 Å². The molecule has 1 saturated heterocycles. The number of nitrogens with zero attached hydrogens (tertiary/aromatic N) is 2. The maximum Gasteiger partial charge on any atom is 0.269 e. The minimum absolute atomic E-state index is 0.0263. The first-order valence-electron chi connectivity index (χ1n) is 10.6. The summed E-state index contributed by atoms with van der Waals surface area (Å²) < 4.78 is 12.3. The summed E-state index contributed by atoms with van der Waals surface area (Å²) in [5.74, 6) is 2.07. The van der Waals surface area contributed by atoms with Crippen LogP contribution in [0.1, 0.15) is 23.3 Å². The molecule has 0 saturated carbocycles. The Morgan fingerprint density at radius 1 is 1.20 bits per heavy atom. The molecule has 0 aliphatic carbocycles. The van der Waals surface area contributed by atoms with E-state index in [2.05, 4.69) is 20.2 Å². The molecular formula is C23H26N4O3. The highest BCUT2D eigenvalue weighted by atomic mass is 16.6. The number of H-pyrrole nitrogens is 1. The van der Waals surface area contributed by atoms with Gasteiger partial charge in [0.15, 0.2) is 11.5 Å². The number of likely N-dealkylation sites (tertiary alicyclic amines) is 1. The van der Waals surface area contributed by atoms with Crippen molar-refractivity contribution in [2.24, 2.45) is 5.92 Å². The molecule has 1 unspecified atom stereocenters. The van der Waals surface area contributed by atoms with E-state index in [-0.39, 0.29) is 12.0 Å². The third-order valence-corrected chi connectivity index (χ3v) is 5.98. The molecule has 5 rings (SSSR count). The number of rotatable bonds is 5. The van der Waals surface area contributed by atoms with E-state index in [1.165, 1.54) is 0 Å². The highest BCUT2D eigenvalue weighted by Crippen LogP contribution is 2.38. The van der Waals surface area contributed by atoms with Crippen LogP contribution in [-0.2, 0) is 0 Å². The van der Waals surface area contributed by atoms with Crippen LogP contribution in [0, 0.1) is 5.92 Å². The highest BCUT2D eigenvalue weighted by molar-refractivity contribution is 5.92. The van der Waals surface area contributed by atoms with Gasteiger partial charge in [0, 0.05) is 36.4 Å². The number of carbonyl (C=O) groups excluding carboxylic acids is 1. The fraction of sp³-hybridized carbons (Fsp3) is 0.391. The molecular weight excluding hydrogens is 380 g/mol. The van der Waals surface area contributed by atoms with Crippen LogP contribution in [0.5, 0.6) is 11.5 Å². The fourth-order valence-corrected chi connectivity index (χ4v) is 4.28. The highest BCUT2D eigenvalue weighted by Gasteiger charge is 2.27. The first-order valence-corrected chi connectivity index (χ1v) is 10.6. The zero-order valence-corrected chi connectivity index (χ0v) is 16.8. The predicted octanol–water partition coefficient (Wildman–Crippen LogP) is 2.84. The van der Waals surface area contributed by atoms with Crippen LogP contribution in [0.3, 0.4) is 0 Å². The Bertz CT molecular complexity index is 1010. The second-order valence-corrected chi connectivity index (χ2v) is 8.05. The molecule has 2 N–H and O–H groups in total. The van der Waals surface area contributed by atoms with Crippen LogP contribution in [0.4, 0.5) is 0 Å². The van der Waals surface area contributed by atoms with Crippen molar-refractivity contribution in [3.63, 3.8) is 0 Å². The zero-order valence-electron chi connectivity index (χ0n) is 16.8. The summed E-state index contributed by atoms with van der Waals surface area (Å²) in [6, 6.07) is 11.4. The lowest BCUT2D eigenvalue weighted by Gasteiger charge is -2.35. The van der Waals surface area contributed by atoms with Crippen LogP contribution in [0.25, 0.3) is 10.9 Å². The van der Waals surface area contributed by atoms with E-state index in [1.807, 2.05) is 36.5 Å². The lowest BCUT2D eigenvalue weighted by atomic mass is 9.96. The first kappa shape index (κ1) is 18.9. The standard InChI is InChI=1S/C23H26N4O3/c28-23(20-3-1-2-9-24-20)26-13-16-7-11-27(12-8-16)14-17-15-29-21-5-4-19-18(6-10-25-19)22(21)30-17/h1-6,9-10,16-17,25H,7-8,11-15H2,(H,26,28). The number of hydrogen-bond donors (Lipinski definition) is 2. The van der Waals surface area contributed by atoms with Gasteiger partial charge in [-0.1, -0.05) is 6.07 Å². The summed E-state index contributed by atoms with van der Waals surface area (Å²) in [7, 11) is 0. The Hall–Kier alpha value is -3.06. The van der Waals surface area contributed by atoms with Gasteiger partial charge in [0.1, 0.15) is 18.4 Å². The molecule has 2 aliphatic heterocycles. The van der Waals surface area contributed by atoms with Crippen molar-refractivity contribution in [3.05, 3.63) is 54.5 Å². The van der Waals surface area contributed by atoms with E-state index in [1.54, 1.807) is 12.3 Å². The molecule has 1 fully saturated rings. The minimum atomic E-state index is -0.0967. The average molecular weight is 406 g/mol. The van der Waals surface area contributed by atoms with Gasteiger partial charge in [-0.2, -0.15) is 0 Å². The molecule has 7 heteroatoms. The zero-order chi connectivity index (χ0) is 20.3. The lowest BCUT2D eigenvalue weighted by Crippen LogP contribution is -2.45. The summed E-state index contributed by atoms with van der Waals surface area (Å²) in [5.41, 5.74) is 1.53. The van der Waals surface area contributed by atoms with Gasteiger partial charge >= 0.3 is 0 Å². The fourth-order valence-electron chi connectivity index (χ4n) is 4.28. The Kier molecular flexibility index (Phi) is 5.27. The molecule has 156 valence electrons. The SMILES string of the molecule is O=C(NCC1CCN(CC2COc3ccc4[nH]ccc4c3O2)CC1)c1ccccn1. The third-order valence-electron chi connectivity index (χ3n) is 5.98. The first-order chi connectivity index (χ1) is 14.8. The van der Waals surface area contributed by atoms with Crippen LogP contribution >= 0.6 is 0 Å². The Labute approximate surface area is 175 Å². The van der Waals surface area contributed by atoms with Gasteiger partial charge in [-0.05, 0) is 62.2 Å². The molecule has 0 spiro atoms. The van der Waals surface area contributed by atoms with Gasteiger partial charge in [0.25, 0.3) is 5.91 Å². The maximum atomic E-state index is 12.2. The van der Waals surface area contributed by atoms with Gasteiger partial charge in [0.2, 0.25) is 0 Å². The average Bonchev–Trinajstić information content (AvgIpc) is 3.28. The van der Waals surface area contributed by atoms with E-state index in [0.717, 1.165) is 54.9 Å². The van der Waals surface area contributed by atoms with E-state index in [4.69, 9.17) is 9.47 Å².